The van der Waals surface area contributed by atoms with Gasteiger partial charge in [0.2, 0.25) is 0 Å². The van der Waals surface area contributed by atoms with Crippen molar-refractivity contribution >= 4 is 11.7 Å². The Morgan fingerprint density at radius 1 is 1.21 bits per heavy atom. The zero-order valence-electron chi connectivity index (χ0n) is 12.5. The molecular formula is C15H25N3O. The molecule has 0 saturated heterocycles. The number of aromatic nitrogens is 1. The molecule has 1 rings (SSSR count). The lowest BCUT2D eigenvalue weighted by Crippen LogP contribution is -2.30. The molecule has 19 heavy (non-hydrogen) atoms. The van der Waals surface area contributed by atoms with Gasteiger partial charge in [0, 0.05) is 32.9 Å². The van der Waals surface area contributed by atoms with E-state index in [1.54, 1.807) is 11.1 Å². The highest BCUT2D eigenvalue weighted by Gasteiger charge is 2.13. The van der Waals surface area contributed by atoms with Crippen molar-refractivity contribution in [1.82, 2.24) is 9.88 Å². The summed E-state index contributed by atoms with van der Waals surface area (Å²) in [5.74, 6) is 0.977. The molecule has 0 fully saturated rings. The first-order valence-electron chi connectivity index (χ1n) is 7.10. The molecule has 106 valence electrons. The lowest BCUT2D eigenvalue weighted by Gasteiger charge is -2.20. The zero-order valence-corrected chi connectivity index (χ0v) is 12.5. The van der Waals surface area contributed by atoms with Crippen LogP contribution in [-0.4, -0.2) is 42.5 Å². The second kappa shape index (κ2) is 7.77. The minimum atomic E-state index is 0.0558. The van der Waals surface area contributed by atoms with Gasteiger partial charge < -0.3 is 9.80 Å². The van der Waals surface area contributed by atoms with Gasteiger partial charge in [-0.15, -0.1) is 0 Å². The van der Waals surface area contributed by atoms with Crippen molar-refractivity contribution in [2.45, 2.75) is 33.6 Å². The number of hydrogen-bond acceptors (Lipinski definition) is 3. The number of carbonyl (C=O) groups excluding carboxylic acids is 1. The predicted octanol–water partition coefficient (Wildman–Crippen LogP) is 2.80. The molecule has 0 spiro atoms. The Balaban J connectivity index is 2.73. The molecule has 0 atom stereocenters. The predicted molar refractivity (Wildman–Crippen MR) is 79.7 cm³/mol. The monoisotopic (exact) mass is 263 g/mol. The standard InChI is InChI=1S/C15H25N3O/c1-5-8-11-17(4)14-10-9-13(12-16-14)15(19)18(6-2)7-3/h9-10,12H,5-8,11H2,1-4H3. The smallest absolute Gasteiger partial charge is 0.255 e. The highest BCUT2D eigenvalue weighted by molar-refractivity contribution is 5.94. The van der Waals surface area contributed by atoms with E-state index >= 15 is 0 Å². The Bertz CT molecular complexity index is 385. The molecule has 0 bridgehead atoms. The molecule has 0 radical (unpaired) electrons. The van der Waals surface area contributed by atoms with E-state index in [9.17, 15) is 4.79 Å². The molecule has 1 aromatic heterocycles. The molecule has 0 aliphatic carbocycles. The number of hydrogen-bond donors (Lipinski definition) is 0. The summed E-state index contributed by atoms with van der Waals surface area (Å²) in [4.78, 5) is 20.4. The van der Waals surface area contributed by atoms with Crippen LogP contribution >= 0.6 is 0 Å². The van der Waals surface area contributed by atoms with Gasteiger partial charge in [-0.05, 0) is 32.4 Å². The van der Waals surface area contributed by atoms with Crippen LogP contribution in [0.3, 0.4) is 0 Å². The topological polar surface area (TPSA) is 36.4 Å². The van der Waals surface area contributed by atoms with E-state index in [4.69, 9.17) is 0 Å². The number of nitrogens with zero attached hydrogens (tertiary/aromatic N) is 3. The first-order valence-corrected chi connectivity index (χ1v) is 7.10. The second-order valence-corrected chi connectivity index (χ2v) is 4.66. The summed E-state index contributed by atoms with van der Waals surface area (Å²) in [6.45, 7) is 8.60. The normalized spacial score (nSPS) is 10.3. The van der Waals surface area contributed by atoms with E-state index in [0.29, 0.717) is 5.56 Å². The summed E-state index contributed by atoms with van der Waals surface area (Å²) in [6.07, 6.45) is 4.00. The molecule has 0 N–H and O–H groups in total. The highest BCUT2D eigenvalue weighted by Crippen LogP contribution is 2.12. The highest BCUT2D eigenvalue weighted by atomic mass is 16.2. The molecule has 1 aromatic rings. The molecule has 0 unspecified atom stereocenters. The van der Waals surface area contributed by atoms with E-state index in [0.717, 1.165) is 31.9 Å². The third kappa shape index (κ3) is 4.23. The fraction of sp³-hybridized carbons (Fsp3) is 0.600. The first kappa shape index (κ1) is 15.5. The number of carbonyl (C=O) groups is 1. The molecule has 0 aromatic carbocycles. The number of amides is 1. The lowest BCUT2D eigenvalue weighted by molar-refractivity contribution is 0.0772. The van der Waals surface area contributed by atoms with E-state index in [1.807, 2.05) is 33.0 Å². The fourth-order valence-electron chi connectivity index (χ4n) is 1.94. The van der Waals surface area contributed by atoms with Gasteiger partial charge in [0.25, 0.3) is 5.91 Å². The summed E-state index contributed by atoms with van der Waals surface area (Å²) in [5, 5.41) is 0. The van der Waals surface area contributed by atoms with Crippen LogP contribution < -0.4 is 4.90 Å². The minimum absolute atomic E-state index is 0.0558. The van der Waals surface area contributed by atoms with Crippen molar-refractivity contribution in [3.8, 4) is 0 Å². The second-order valence-electron chi connectivity index (χ2n) is 4.66. The summed E-state index contributed by atoms with van der Waals surface area (Å²) in [7, 11) is 2.03. The van der Waals surface area contributed by atoms with Crippen LogP contribution in [-0.2, 0) is 0 Å². The number of anilines is 1. The molecule has 0 aliphatic heterocycles. The van der Waals surface area contributed by atoms with Crippen molar-refractivity contribution in [3.63, 3.8) is 0 Å². The van der Waals surface area contributed by atoms with E-state index in [-0.39, 0.29) is 5.91 Å². The third-order valence-corrected chi connectivity index (χ3v) is 3.28. The van der Waals surface area contributed by atoms with Gasteiger partial charge in [-0.2, -0.15) is 0 Å². The van der Waals surface area contributed by atoms with Gasteiger partial charge in [-0.1, -0.05) is 13.3 Å². The van der Waals surface area contributed by atoms with E-state index in [1.165, 1.54) is 6.42 Å². The number of rotatable bonds is 7. The largest absolute Gasteiger partial charge is 0.360 e. The SMILES string of the molecule is CCCCN(C)c1ccc(C(=O)N(CC)CC)cn1. The number of unbranched alkanes of at least 4 members (excludes halogenated alkanes) is 1. The van der Waals surface area contributed by atoms with Crippen LogP contribution in [0.15, 0.2) is 18.3 Å². The number of pyridine rings is 1. The Kier molecular flexibility index (Phi) is 6.33. The van der Waals surface area contributed by atoms with Crippen LogP contribution in [0, 0.1) is 0 Å². The summed E-state index contributed by atoms with van der Waals surface area (Å²) in [6, 6.07) is 3.79. The maximum atomic E-state index is 12.1. The van der Waals surface area contributed by atoms with Crippen LogP contribution in [0.1, 0.15) is 44.0 Å². The Morgan fingerprint density at radius 3 is 2.37 bits per heavy atom. The summed E-state index contributed by atoms with van der Waals surface area (Å²) >= 11 is 0. The molecule has 1 heterocycles. The molecule has 1 amide bonds. The average Bonchev–Trinajstić information content (AvgIpc) is 2.46. The summed E-state index contributed by atoms with van der Waals surface area (Å²) < 4.78 is 0. The quantitative estimate of drug-likeness (QED) is 0.759. The zero-order chi connectivity index (χ0) is 14.3. The molecular weight excluding hydrogens is 238 g/mol. The van der Waals surface area contributed by atoms with Gasteiger partial charge in [0.05, 0.1) is 5.56 Å². The fourth-order valence-corrected chi connectivity index (χ4v) is 1.94. The van der Waals surface area contributed by atoms with Gasteiger partial charge in [-0.3, -0.25) is 4.79 Å². The Hall–Kier alpha value is -1.58. The van der Waals surface area contributed by atoms with Crippen molar-refractivity contribution in [3.05, 3.63) is 23.9 Å². The average molecular weight is 263 g/mol. The molecule has 4 heteroatoms. The van der Waals surface area contributed by atoms with E-state index in [2.05, 4.69) is 16.8 Å². The first-order chi connectivity index (χ1) is 9.13. The molecule has 0 aliphatic rings. The maximum Gasteiger partial charge on any atom is 0.255 e. The van der Waals surface area contributed by atoms with Crippen LogP contribution in [0.25, 0.3) is 0 Å². The maximum absolute atomic E-state index is 12.1. The van der Waals surface area contributed by atoms with Gasteiger partial charge in [-0.25, -0.2) is 4.98 Å². The van der Waals surface area contributed by atoms with Gasteiger partial charge in [0.15, 0.2) is 0 Å². The van der Waals surface area contributed by atoms with E-state index < -0.39 is 0 Å². The lowest BCUT2D eigenvalue weighted by atomic mass is 10.2. The minimum Gasteiger partial charge on any atom is -0.360 e. The van der Waals surface area contributed by atoms with Gasteiger partial charge >= 0.3 is 0 Å². The molecule has 0 saturated carbocycles. The van der Waals surface area contributed by atoms with Crippen LogP contribution in [0.2, 0.25) is 0 Å². The summed E-state index contributed by atoms with van der Waals surface area (Å²) in [5.41, 5.74) is 0.663. The third-order valence-electron chi connectivity index (χ3n) is 3.28. The van der Waals surface area contributed by atoms with Crippen molar-refractivity contribution < 1.29 is 4.79 Å². The Labute approximate surface area is 116 Å². The van der Waals surface area contributed by atoms with Crippen molar-refractivity contribution in [1.29, 1.82) is 0 Å². The van der Waals surface area contributed by atoms with Gasteiger partial charge in [0.1, 0.15) is 5.82 Å². The van der Waals surface area contributed by atoms with Crippen molar-refractivity contribution in [2.24, 2.45) is 0 Å². The molecule has 4 nitrogen and oxygen atoms in total. The van der Waals surface area contributed by atoms with Crippen LogP contribution in [0.5, 0.6) is 0 Å². The van der Waals surface area contributed by atoms with Crippen molar-refractivity contribution in [2.75, 3.05) is 31.6 Å². The Morgan fingerprint density at radius 2 is 1.89 bits per heavy atom. The van der Waals surface area contributed by atoms with Crippen LogP contribution in [0.4, 0.5) is 5.82 Å².